The lowest BCUT2D eigenvalue weighted by molar-refractivity contribution is -0.123. The third-order valence-electron chi connectivity index (χ3n) is 1.67. The van der Waals surface area contributed by atoms with E-state index in [1.165, 1.54) is 18.7 Å². The molecule has 0 fully saturated rings. The molecule has 0 radical (unpaired) electrons. The van der Waals surface area contributed by atoms with Gasteiger partial charge in [-0.15, -0.1) is 11.8 Å². The van der Waals surface area contributed by atoms with Gasteiger partial charge in [-0.05, 0) is 6.92 Å². The van der Waals surface area contributed by atoms with E-state index in [0.717, 1.165) is 0 Å². The molecular weight excluding hydrogens is 232 g/mol. The minimum Gasteiger partial charge on any atom is -0.368 e. The Kier molecular flexibility index (Phi) is 7.52. The molecule has 8 heteroatoms. The van der Waals surface area contributed by atoms with Crippen LogP contribution in [-0.4, -0.2) is 41.7 Å². The molecule has 0 aliphatic carbocycles. The average molecular weight is 248 g/mol. The van der Waals surface area contributed by atoms with Crippen LogP contribution >= 0.6 is 11.8 Å². The molecule has 16 heavy (non-hydrogen) atoms. The van der Waals surface area contributed by atoms with Gasteiger partial charge in [-0.25, -0.2) is 5.43 Å². The second kappa shape index (κ2) is 8.08. The van der Waals surface area contributed by atoms with Crippen LogP contribution in [0.15, 0.2) is 0 Å². The van der Waals surface area contributed by atoms with E-state index in [4.69, 9.17) is 11.6 Å². The molecule has 7 nitrogen and oxygen atoms in total. The standard InChI is InChI=1S/C8H16N4O3S/c1-5(13)6(12-10)3-16-4-8(15)11-2-7(9)14/h6,12H,2-4,10H2,1H3,(H2,9,14)(H,11,15)/t6-/m0/s1. The number of primary amides is 1. The van der Waals surface area contributed by atoms with E-state index in [1.54, 1.807) is 0 Å². The van der Waals surface area contributed by atoms with Crippen molar-refractivity contribution in [2.45, 2.75) is 13.0 Å². The molecule has 0 unspecified atom stereocenters. The van der Waals surface area contributed by atoms with Crippen LogP contribution < -0.4 is 22.3 Å². The van der Waals surface area contributed by atoms with Crippen molar-refractivity contribution in [3.05, 3.63) is 0 Å². The molecule has 6 N–H and O–H groups in total. The highest BCUT2D eigenvalue weighted by Crippen LogP contribution is 2.02. The molecule has 0 aliphatic heterocycles. The normalized spacial score (nSPS) is 11.9. The van der Waals surface area contributed by atoms with Crippen LogP contribution in [0.3, 0.4) is 0 Å². The summed E-state index contributed by atoms with van der Waals surface area (Å²) in [4.78, 5) is 32.4. The first-order valence-electron chi connectivity index (χ1n) is 4.56. The highest BCUT2D eigenvalue weighted by atomic mass is 32.2. The molecule has 0 aromatic rings. The lowest BCUT2D eigenvalue weighted by Gasteiger charge is -2.11. The number of carbonyl (C=O) groups is 3. The molecule has 92 valence electrons. The Morgan fingerprint density at radius 2 is 2.00 bits per heavy atom. The van der Waals surface area contributed by atoms with Gasteiger partial charge >= 0.3 is 0 Å². The molecule has 0 rings (SSSR count). The maximum absolute atomic E-state index is 11.1. The summed E-state index contributed by atoms with van der Waals surface area (Å²) in [6.07, 6.45) is 0. The molecule has 0 spiro atoms. The lowest BCUT2D eigenvalue weighted by atomic mass is 10.2. The predicted octanol–water partition coefficient (Wildman–Crippen LogP) is -2.26. The van der Waals surface area contributed by atoms with Crippen molar-refractivity contribution in [2.75, 3.05) is 18.1 Å². The Morgan fingerprint density at radius 3 is 2.44 bits per heavy atom. The summed E-state index contributed by atoms with van der Waals surface area (Å²) in [5.41, 5.74) is 7.20. The summed E-state index contributed by atoms with van der Waals surface area (Å²) < 4.78 is 0. The van der Waals surface area contributed by atoms with Gasteiger partial charge in [0.1, 0.15) is 5.78 Å². The van der Waals surface area contributed by atoms with Crippen LogP contribution in [0.1, 0.15) is 6.92 Å². The first-order chi connectivity index (χ1) is 7.47. The quantitative estimate of drug-likeness (QED) is 0.284. The number of carbonyl (C=O) groups excluding carboxylic acids is 3. The summed E-state index contributed by atoms with van der Waals surface area (Å²) in [7, 11) is 0. The molecule has 0 bridgehead atoms. The van der Waals surface area contributed by atoms with E-state index in [9.17, 15) is 14.4 Å². The summed E-state index contributed by atoms with van der Waals surface area (Å²) in [6.45, 7) is 1.24. The fourth-order valence-corrected chi connectivity index (χ4v) is 1.76. The van der Waals surface area contributed by atoms with Gasteiger partial charge in [-0.2, -0.15) is 0 Å². The zero-order valence-electron chi connectivity index (χ0n) is 8.99. The molecule has 0 aromatic carbocycles. The van der Waals surface area contributed by atoms with Crippen LogP contribution in [0.25, 0.3) is 0 Å². The first kappa shape index (κ1) is 14.9. The van der Waals surface area contributed by atoms with Gasteiger partial charge in [-0.3, -0.25) is 20.2 Å². The van der Waals surface area contributed by atoms with Gasteiger partial charge in [0.25, 0.3) is 0 Å². The van der Waals surface area contributed by atoms with E-state index in [-0.39, 0.29) is 24.0 Å². The summed E-state index contributed by atoms with van der Waals surface area (Å²) >= 11 is 1.25. The Labute approximate surface area is 97.7 Å². The number of amides is 2. The van der Waals surface area contributed by atoms with Crippen molar-refractivity contribution >= 4 is 29.4 Å². The third-order valence-corrected chi connectivity index (χ3v) is 2.70. The van der Waals surface area contributed by atoms with Crippen LogP contribution in [0.2, 0.25) is 0 Å². The van der Waals surface area contributed by atoms with Crippen molar-refractivity contribution in [1.82, 2.24) is 10.7 Å². The Bertz CT molecular complexity index is 272. The van der Waals surface area contributed by atoms with E-state index >= 15 is 0 Å². The van der Waals surface area contributed by atoms with Crippen LogP contribution in [-0.2, 0) is 14.4 Å². The lowest BCUT2D eigenvalue weighted by Crippen LogP contribution is -2.42. The summed E-state index contributed by atoms with van der Waals surface area (Å²) in [5.74, 6) is 4.71. The number of hydrogen-bond donors (Lipinski definition) is 4. The Hall–Kier alpha value is -1.12. The second-order valence-corrected chi connectivity index (χ2v) is 4.12. The number of thioether (sulfide) groups is 1. The number of hydrogen-bond acceptors (Lipinski definition) is 6. The molecule has 0 saturated carbocycles. The topological polar surface area (TPSA) is 127 Å². The van der Waals surface area contributed by atoms with Crippen LogP contribution in [0, 0.1) is 0 Å². The van der Waals surface area contributed by atoms with E-state index in [2.05, 4.69) is 10.7 Å². The minimum atomic E-state index is -0.594. The van der Waals surface area contributed by atoms with Crippen molar-refractivity contribution in [3.8, 4) is 0 Å². The van der Waals surface area contributed by atoms with Gasteiger partial charge < -0.3 is 11.1 Å². The van der Waals surface area contributed by atoms with Crippen molar-refractivity contribution in [2.24, 2.45) is 11.6 Å². The number of ketones is 1. The molecule has 1 atom stereocenters. The number of nitrogens with one attached hydrogen (secondary N) is 2. The SMILES string of the molecule is CC(=O)[C@H](CSCC(=O)NCC(N)=O)NN. The Morgan fingerprint density at radius 1 is 1.38 bits per heavy atom. The molecule has 0 heterocycles. The molecular formula is C8H16N4O3S. The smallest absolute Gasteiger partial charge is 0.236 e. The maximum atomic E-state index is 11.1. The van der Waals surface area contributed by atoms with Gasteiger partial charge in [0.2, 0.25) is 11.8 Å². The van der Waals surface area contributed by atoms with Gasteiger partial charge in [0.15, 0.2) is 0 Å². The zero-order valence-corrected chi connectivity index (χ0v) is 9.80. The monoisotopic (exact) mass is 248 g/mol. The molecule has 0 aliphatic rings. The molecule has 0 saturated heterocycles. The van der Waals surface area contributed by atoms with Gasteiger partial charge in [-0.1, -0.05) is 0 Å². The minimum absolute atomic E-state index is 0.0902. The largest absolute Gasteiger partial charge is 0.368 e. The number of hydrazine groups is 1. The Balaban J connectivity index is 3.68. The zero-order chi connectivity index (χ0) is 12.6. The summed E-state index contributed by atoms with van der Waals surface area (Å²) in [5, 5.41) is 2.33. The maximum Gasteiger partial charge on any atom is 0.236 e. The van der Waals surface area contributed by atoms with Gasteiger partial charge in [0, 0.05) is 5.75 Å². The predicted molar refractivity (Wildman–Crippen MR) is 61.3 cm³/mol. The van der Waals surface area contributed by atoms with Crippen molar-refractivity contribution in [1.29, 1.82) is 0 Å². The van der Waals surface area contributed by atoms with Crippen molar-refractivity contribution in [3.63, 3.8) is 0 Å². The number of Topliss-reactive ketones (excluding diaryl/α,β-unsaturated/α-hetero) is 1. The van der Waals surface area contributed by atoms with Crippen LogP contribution in [0.5, 0.6) is 0 Å². The highest BCUT2D eigenvalue weighted by molar-refractivity contribution is 8.00. The highest BCUT2D eigenvalue weighted by Gasteiger charge is 2.12. The molecule has 0 aromatic heterocycles. The van der Waals surface area contributed by atoms with Crippen molar-refractivity contribution < 1.29 is 14.4 Å². The summed E-state index contributed by atoms with van der Waals surface area (Å²) in [6, 6.07) is -0.464. The number of rotatable bonds is 8. The van der Waals surface area contributed by atoms with E-state index in [1.807, 2.05) is 0 Å². The fourth-order valence-electron chi connectivity index (χ4n) is 0.789. The molecule has 2 amide bonds. The van der Waals surface area contributed by atoms with Crippen LogP contribution in [0.4, 0.5) is 0 Å². The average Bonchev–Trinajstić information content (AvgIpc) is 2.20. The van der Waals surface area contributed by atoms with E-state index < -0.39 is 11.9 Å². The second-order valence-electron chi connectivity index (χ2n) is 3.09. The van der Waals surface area contributed by atoms with Gasteiger partial charge in [0.05, 0.1) is 18.3 Å². The first-order valence-corrected chi connectivity index (χ1v) is 5.72. The third kappa shape index (κ3) is 7.21. The number of nitrogens with two attached hydrogens (primary N) is 2. The fraction of sp³-hybridized carbons (Fsp3) is 0.625. The van der Waals surface area contributed by atoms with E-state index in [0.29, 0.717) is 5.75 Å².